The van der Waals surface area contributed by atoms with Gasteiger partial charge in [-0.3, -0.25) is 0 Å². The Morgan fingerprint density at radius 3 is 2.52 bits per heavy atom. The molecule has 0 atom stereocenters. The molecular weight excluding hydrogens is 402 g/mol. The van der Waals surface area contributed by atoms with Gasteiger partial charge in [-0.05, 0) is 40.2 Å². The van der Waals surface area contributed by atoms with Gasteiger partial charge in [-0.1, -0.05) is 34.1 Å². The second-order valence-electron chi connectivity index (χ2n) is 4.15. The summed E-state index contributed by atoms with van der Waals surface area (Å²) in [7, 11) is 0. The summed E-state index contributed by atoms with van der Waals surface area (Å²) in [5.41, 5.74) is 6.52. The van der Waals surface area contributed by atoms with E-state index in [1.54, 1.807) is 12.1 Å². The van der Waals surface area contributed by atoms with Crippen molar-refractivity contribution in [2.75, 3.05) is 18.9 Å². The largest absolute Gasteiger partial charge is 0.490 e. The van der Waals surface area contributed by atoms with E-state index in [0.717, 1.165) is 10.2 Å². The number of hydrogen-bond acceptors (Lipinski definition) is 4. The first-order valence-electron chi connectivity index (χ1n) is 6.17. The van der Waals surface area contributed by atoms with Gasteiger partial charge in [-0.25, -0.2) is 4.79 Å². The standard InChI is InChI=1S/C15H13Br2NO3/c16-10-8-12(14(18)13(17)9-10)15(19)21-7-6-20-11-4-2-1-3-5-11/h1-5,8-9H,6-7,18H2. The third-order valence-corrected chi connectivity index (χ3v) is 3.76. The molecule has 0 aliphatic carbocycles. The summed E-state index contributed by atoms with van der Waals surface area (Å²) in [5.74, 6) is 0.254. The lowest BCUT2D eigenvalue weighted by molar-refractivity contribution is 0.0451. The van der Waals surface area contributed by atoms with E-state index in [4.69, 9.17) is 15.2 Å². The fourth-order valence-corrected chi connectivity index (χ4v) is 2.87. The number of nitrogens with two attached hydrogens (primary N) is 1. The van der Waals surface area contributed by atoms with E-state index in [0.29, 0.717) is 15.7 Å². The van der Waals surface area contributed by atoms with Crippen molar-refractivity contribution >= 4 is 43.5 Å². The first kappa shape index (κ1) is 15.9. The van der Waals surface area contributed by atoms with Crippen LogP contribution in [0.15, 0.2) is 51.4 Å². The summed E-state index contributed by atoms with van der Waals surface area (Å²) < 4.78 is 12.0. The Kier molecular flexibility index (Phi) is 5.64. The number of halogens is 2. The molecule has 110 valence electrons. The highest BCUT2D eigenvalue weighted by molar-refractivity contribution is 9.11. The minimum atomic E-state index is -0.480. The topological polar surface area (TPSA) is 61.6 Å². The van der Waals surface area contributed by atoms with Crippen molar-refractivity contribution in [2.45, 2.75) is 0 Å². The smallest absolute Gasteiger partial charge is 0.340 e. The average Bonchev–Trinajstić information content (AvgIpc) is 2.48. The molecular formula is C15H13Br2NO3. The zero-order chi connectivity index (χ0) is 15.2. The number of carbonyl (C=O) groups is 1. The predicted molar refractivity (Wildman–Crippen MR) is 88.5 cm³/mol. The molecule has 6 heteroatoms. The molecule has 0 fully saturated rings. The van der Waals surface area contributed by atoms with Gasteiger partial charge < -0.3 is 15.2 Å². The highest BCUT2D eigenvalue weighted by Crippen LogP contribution is 2.28. The van der Waals surface area contributed by atoms with Gasteiger partial charge in [-0.15, -0.1) is 0 Å². The lowest BCUT2D eigenvalue weighted by Gasteiger charge is -2.10. The van der Waals surface area contributed by atoms with Gasteiger partial charge in [-0.2, -0.15) is 0 Å². The SMILES string of the molecule is Nc1c(Br)cc(Br)cc1C(=O)OCCOc1ccccc1. The van der Waals surface area contributed by atoms with Crippen LogP contribution in [0.3, 0.4) is 0 Å². The van der Waals surface area contributed by atoms with Crippen molar-refractivity contribution in [3.05, 3.63) is 57.0 Å². The maximum absolute atomic E-state index is 12.0. The molecule has 0 aliphatic rings. The van der Waals surface area contributed by atoms with E-state index < -0.39 is 5.97 Å². The van der Waals surface area contributed by atoms with Gasteiger partial charge in [0.15, 0.2) is 0 Å². The molecule has 0 aliphatic heterocycles. The Hall–Kier alpha value is -1.53. The van der Waals surface area contributed by atoms with E-state index in [1.165, 1.54) is 0 Å². The minimum absolute atomic E-state index is 0.150. The van der Waals surface area contributed by atoms with Crippen LogP contribution in [0.2, 0.25) is 0 Å². The maximum Gasteiger partial charge on any atom is 0.340 e. The fourth-order valence-electron chi connectivity index (χ4n) is 1.64. The van der Waals surface area contributed by atoms with Crippen molar-refractivity contribution in [3.63, 3.8) is 0 Å². The molecule has 0 bridgehead atoms. The van der Waals surface area contributed by atoms with Gasteiger partial charge in [0, 0.05) is 8.95 Å². The number of para-hydroxylation sites is 1. The van der Waals surface area contributed by atoms with Crippen LogP contribution in [-0.2, 0) is 4.74 Å². The van der Waals surface area contributed by atoms with Crippen LogP contribution in [-0.4, -0.2) is 19.2 Å². The van der Waals surface area contributed by atoms with Crippen LogP contribution in [0, 0.1) is 0 Å². The number of benzene rings is 2. The quantitative estimate of drug-likeness (QED) is 0.455. The summed E-state index contributed by atoms with van der Waals surface area (Å²) in [4.78, 5) is 12.0. The second kappa shape index (κ2) is 7.47. The molecule has 0 spiro atoms. The summed E-state index contributed by atoms with van der Waals surface area (Å²) in [5, 5.41) is 0. The zero-order valence-corrected chi connectivity index (χ0v) is 14.2. The average molecular weight is 415 g/mol. The zero-order valence-electron chi connectivity index (χ0n) is 11.0. The number of rotatable bonds is 5. The van der Waals surface area contributed by atoms with Crippen LogP contribution in [0.25, 0.3) is 0 Å². The molecule has 2 N–H and O–H groups in total. The minimum Gasteiger partial charge on any atom is -0.490 e. The normalized spacial score (nSPS) is 10.2. The number of nitrogen functional groups attached to an aromatic ring is 1. The van der Waals surface area contributed by atoms with Crippen LogP contribution >= 0.6 is 31.9 Å². The number of hydrogen-bond donors (Lipinski definition) is 1. The molecule has 21 heavy (non-hydrogen) atoms. The Labute approximate surface area is 139 Å². The van der Waals surface area contributed by atoms with Gasteiger partial charge in [0.2, 0.25) is 0 Å². The highest BCUT2D eigenvalue weighted by atomic mass is 79.9. The van der Waals surface area contributed by atoms with Crippen LogP contribution in [0.1, 0.15) is 10.4 Å². The maximum atomic E-state index is 12.0. The third kappa shape index (κ3) is 4.47. The third-order valence-electron chi connectivity index (χ3n) is 2.64. The van der Waals surface area contributed by atoms with Crippen molar-refractivity contribution in [2.24, 2.45) is 0 Å². The molecule has 0 aromatic heterocycles. The first-order chi connectivity index (χ1) is 10.1. The Morgan fingerprint density at radius 1 is 1.10 bits per heavy atom. The molecule has 0 heterocycles. The molecule has 2 aromatic rings. The predicted octanol–water partition coefficient (Wildman–Crippen LogP) is 4.03. The molecule has 2 aromatic carbocycles. The lowest BCUT2D eigenvalue weighted by Crippen LogP contribution is -2.14. The van der Waals surface area contributed by atoms with Gasteiger partial charge in [0.05, 0.1) is 11.3 Å². The molecule has 0 unspecified atom stereocenters. The highest BCUT2D eigenvalue weighted by Gasteiger charge is 2.14. The number of esters is 1. The number of anilines is 1. The molecule has 4 nitrogen and oxygen atoms in total. The first-order valence-corrected chi connectivity index (χ1v) is 7.76. The van der Waals surface area contributed by atoms with E-state index in [-0.39, 0.29) is 13.2 Å². The Bertz CT molecular complexity index is 632. The molecule has 0 saturated heterocycles. The van der Waals surface area contributed by atoms with Crippen LogP contribution < -0.4 is 10.5 Å². The molecule has 2 rings (SSSR count). The number of ether oxygens (including phenoxy) is 2. The Balaban J connectivity index is 1.88. The lowest BCUT2D eigenvalue weighted by atomic mass is 10.2. The summed E-state index contributed by atoms with van der Waals surface area (Å²) in [6.45, 7) is 0.433. The van der Waals surface area contributed by atoms with E-state index >= 15 is 0 Å². The molecule has 0 radical (unpaired) electrons. The number of carbonyl (C=O) groups excluding carboxylic acids is 1. The van der Waals surface area contributed by atoms with E-state index in [1.807, 2.05) is 30.3 Å². The van der Waals surface area contributed by atoms with Gasteiger partial charge in [0.25, 0.3) is 0 Å². The van der Waals surface area contributed by atoms with Crippen molar-refractivity contribution in [3.8, 4) is 5.75 Å². The van der Waals surface area contributed by atoms with E-state index in [2.05, 4.69) is 31.9 Å². The Morgan fingerprint density at radius 2 is 1.81 bits per heavy atom. The summed E-state index contributed by atoms with van der Waals surface area (Å²) in [6.07, 6.45) is 0. The van der Waals surface area contributed by atoms with Gasteiger partial charge in [0.1, 0.15) is 19.0 Å². The summed E-state index contributed by atoms with van der Waals surface area (Å²) in [6, 6.07) is 12.7. The van der Waals surface area contributed by atoms with E-state index in [9.17, 15) is 4.79 Å². The fraction of sp³-hybridized carbons (Fsp3) is 0.133. The monoisotopic (exact) mass is 413 g/mol. The van der Waals surface area contributed by atoms with Crippen molar-refractivity contribution in [1.29, 1.82) is 0 Å². The van der Waals surface area contributed by atoms with Crippen LogP contribution in [0.5, 0.6) is 5.75 Å². The van der Waals surface area contributed by atoms with Crippen LogP contribution in [0.4, 0.5) is 5.69 Å². The second-order valence-corrected chi connectivity index (χ2v) is 5.92. The van der Waals surface area contributed by atoms with Crippen molar-refractivity contribution < 1.29 is 14.3 Å². The molecule has 0 amide bonds. The summed E-state index contributed by atoms with van der Waals surface area (Å²) >= 11 is 6.60. The van der Waals surface area contributed by atoms with Crippen molar-refractivity contribution in [1.82, 2.24) is 0 Å². The molecule has 0 saturated carbocycles. The van der Waals surface area contributed by atoms with Gasteiger partial charge >= 0.3 is 5.97 Å².